The number of nitrogens with zero attached hydrogens (tertiary/aromatic N) is 3. The lowest BCUT2D eigenvalue weighted by atomic mass is 9.93. The molecule has 1 fully saturated rings. The average Bonchev–Trinajstić information content (AvgIpc) is 2.30. The lowest BCUT2D eigenvalue weighted by Gasteiger charge is -2.37. The summed E-state index contributed by atoms with van der Waals surface area (Å²) in [6.45, 7) is 5.66. The lowest BCUT2D eigenvalue weighted by molar-refractivity contribution is 0.375. The van der Waals surface area contributed by atoms with Gasteiger partial charge in [0.25, 0.3) is 0 Å². The summed E-state index contributed by atoms with van der Waals surface area (Å²) in [4.78, 5) is 11.0. The van der Waals surface area contributed by atoms with Crippen molar-refractivity contribution in [2.24, 2.45) is 5.92 Å². The number of aromatic nitrogens is 2. The van der Waals surface area contributed by atoms with Crippen molar-refractivity contribution in [3.8, 4) is 0 Å². The highest BCUT2D eigenvalue weighted by Gasteiger charge is 2.26. The summed E-state index contributed by atoms with van der Waals surface area (Å²) in [7, 11) is 1.87. The van der Waals surface area contributed by atoms with E-state index >= 15 is 0 Å². The number of hydrogen-bond acceptors (Lipinski definition) is 4. The van der Waals surface area contributed by atoms with Crippen LogP contribution in [0.15, 0.2) is 10.8 Å². The Hall–Kier alpha value is -0.840. The van der Waals surface area contributed by atoms with Gasteiger partial charge in [0.05, 0.1) is 0 Å². The Labute approximate surface area is 111 Å². The topological polar surface area (TPSA) is 41.1 Å². The Morgan fingerprint density at radius 3 is 2.82 bits per heavy atom. The minimum absolute atomic E-state index is 0.537. The Balaban J connectivity index is 2.28. The zero-order valence-corrected chi connectivity index (χ0v) is 12.2. The van der Waals surface area contributed by atoms with Gasteiger partial charge in [-0.2, -0.15) is 0 Å². The van der Waals surface area contributed by atoms with Crippen LogP contribution in [0.5, 0.6) is 0 Å². The summed E-state index contributed by atoms with van der Waals surface area (Å²) in [5.74, 6) is 2.66. The van der Waals surface area contributed by atoms with E-state index in [2.05, 4.69) is 50.0 Å². The maximum atomic E-state index is 4.41. The molecule has 1 aromatic rings. The van der Waals surface area contributed by atoms with Crippen LogP contribution < -0.4 is 10.2 Å². The van der Waals surface area contributed by atoms with Crippen molar-refractivity contribution in [2.45, 2.75) is 32.7 Å². The average molecular weight is 299 g/mol. The minimum atomic E-state index is 0.537. The van der Waals surface area contributed by atoms with Crippen molar-refractivity contribution >= 4 is 27.6 Å². The molecule has 1 aliphatic heterocycles. The van der Waals surface area contributed by atoms with E-state index in [4.69, 9.17) is 0 Å². The second-order valence-electron chi connectivity index (χ2n) is 4.78. The van der Waals surface area contributed by atoms with Gasteiger partial charge in [-0.3, -0.25) is 0 Å². The third-order valence-corrected chi connectivity index (χ3v) is 4.15. The molecule has 2 unspecified atom stereocenters. The summed E-state index contributed by atoms with van der Waals surface area (Å²) >= 11 is 3.59. The van der Waals surface area contributed by atoms with Crippen LogP contribution in [0.3, 0.4) is 0 Å². The lowest BCUT2D eigenvalue weighted by Crippen LogP contribution is -2.41. The van der Waals surface area contributed by atoms with Gasteiger partial charge in [0.1, 0.15) is 22.4 Å². The van der Waals surface area contributed by atoms with E-state index in [-0.39, 0.29) is 0 Å². The van der Waals surface area contributed by atoms with Crippen LogP contribution in [0.25, 0.3) is 0 Å². The van der Waals surface area contributed by atoms with Crippen molar-refractivity contribution in [1.29, 1.82) is 0 Å². The van der Waals surface area contributed by atoms with Gasteiger partial charge in [-0.1, -0.05) is 6.92 Å². The predicted octanol–water partition coefficient (Wildman–Crippen LogP) is 2.91. The minimum Gasteiger partial charge on any atom is -0.372 e. The second-order valence-corrected chi connectivity index (χ2v) is 5.57. The molecule has 2 heterocycles. The van der Waals surface area contributed by atoms with E-state index in [0.717, 1.165) is 28.6 Å². The van der Waals surface area contributed by atoms with E-state index < -0.39 is 0 Å². The first-order valence-corrected chi connectivity index (χ1v) is 6.87. The van der Waals surface area contributed by atoms with Gasteiger partial charge in [-0.15, -0.1) is 0 Å². The zero-order valence-electron chi connectivity index (χ0n) is 10.6. The molecular weight excluding hydrogens is 280 g/mol. The molecule has 1 saturated heterocycles. The number of anilines is 2. The van der Waals surface area contributed by atoms with Crippen LogP contribution in [0.2, 0.25) is 0 Å². The van der Waals surface area contributed by atoms with Gasteiger partial charge in [-0.05, 0) is 41.6 Å². The van der Waals surface area contributed by atoms with Crippen molar-refractivity contribution < 1.29 is 0 Å². The van der Waals surface area contributed by atoms with Gasteiger partial charge >= 0.3 is 0 Å². The van der Waals surface area contributed by atoms with E-state index in [1.807, 2.05) is 7.05 Å². The molecule has 17 heavy (non-hydrogen) atoms. The van der Waals surface area contributed by atoms with Gasteiger partial charge in [-0.25, -0.2) is 9.97 Å². The molecule has 94 valence electrons. The summed E-state index contributed by atoms with van der Waals surface area (Å²) in [5, 5.41) is 3.07. The normalized spacial score (nSPS) is 24.8. The van der Waals surface area contributed by atoms with Crippen LogP contribution in [-0.4, -0.2) is 29.6 Å². The number of piperidine rings is 1. The van der Waals surface area contributed by atoms with E-state index in [1.54, 1.807) is 6.33 Å². The van der Waals surface area contributed by atoms with Gasteiger partial charge in [0, 0.05) is 19.6 Å². The highest BCUT2D eigenvalue weighted by Crippen LogP contribution is 2.34. The quantitative estimate of drug-likeness (QED) is 0.911. The van der Waals surface area contributed by atoms with E-state index in [1.165, 1.54) is 12.8 Å². The molecule has 0 aliphatic carbocycles. The number of halogens is 1. The Morgan fingerprint density at radius 1 is 1.41 bits per heavy atom. The molecule has 0 aromatic carbocycles. The second kappa shape index (κ2) is 5.21. The van der Waals surface area contributed by atoms with Crippen LogP contribution >= 0.6 is 15.9 Å². The van der Waals surface area contributed by atoms with Crippen molar-refractivity contribution in [1.82, 2.24) is 9.97 Å². The SMILES string of the molecule is CNc1ncnc(N2CCC(C)CC2C)c1Br. The van der Waals surface area contributed by atoms with Crippen molar-refractivity contribution in [3.05, 3.63) is 10.8 Å². The zero-order chi connectivity index (χ0) is 12.4. The highest BCUT2D eigenvalue weighted by atomic mass is 79.9. The summed E-state index contributed by atoms with van der Waals surface area (Å²) in [6, 6.07) is 0.537. The molecule has 1 aliphatic rings. The monoisotopic (exact) mass is 298 g/mol. The summed E-state index contributed by atoms with van der Waals surface area (Å²) in [6.07, 6.45) is 4.08. The summed E-state index contributed by atoms with van der Waals surface area (Å²) < 4.78 is 0.962. The van der Waals surface area contributed by atoms with Crippen LogP contribution in [0, 0.1) is 5.92 Å². The van der Waals surface area contributed by atoms with Crippen molar-refractivity contribution in [2.75, 3.05) is 23.8 Å². The molecule has 0 amide bonds. The largest absolute Gasteiger partial charge is 0.372 e. The van der Waals surface area contributed by atoms with Gasteiger partial charge in [0.15, 0.2) is 0 Å². The third-order valence-electron chi connectivity index (χ3n) is 3.42. The maximum Gasteiger partial charge on any atom is 0.148 e. The van der Waals surface area contributed by atoms with E-state index in [0.29, 0.717) is 6.04 Å². The molecule has 4 nitrogen and oxygen atoms in total. The maximum absolute atomic E-state index is 4.41. The van der Waals surface area contributed by atoms with Crippen LogP contribution in [0.1, 0.15) is 26.7 Å². The Bertz CT molecular complexity index is 396. The number of hydrogen-bond donors (Lipinski definition) is 1. The smallest absolute Gasteiger partial charge is 0.148 e. The van der Waals surface area contributed by atoms with Crippen LogP contribution in [-0.2, 0) is 0 Å². The molecule has 1 N–H and O–H groups in total. The predicted molar refractivity (Wildman–Crippen MR) is 74.5 cm³/mol. The molecule has 5 heteroatoms. The van der Waals surface area contributed by atoms with Crippen LogP contribution in [0.4, 0.5) is 11.6 Å². The molecule has 2 rings (SSSR count). The highest BCUT2D eigenvalue weighted by molar-refractivity contribution is 9.10. The van der Waals surface area contributed by atoms with Crippen molar-refractivity contribution in [3.63, 3.8) is 0 Å². The fourth-order valence-corrected chi connectivity index (χ4v) is 3.09. The summed E-state index contributed by atoms with van der Waals surface area (Å²) in [5.41, 5.74) is 0. The molecule has 0 saturated carbocycles. The molecule has 0 radical (unpaired) electrons. The fourth-order valence-electron chi connectivity index (χ4n) is 2.46. The molecule has 0 spiro atoms. The standard InChI is InChI=1S/C12H19BrN4/c1-8-4-5-17(9(2)6-8)12-10(13)11(14-3)15-7-16-12/h7-9H,4-6H2,1-3H3,(H,14,15,16). The van der Waals surface area contributed by atoms with E-state index in [9.17, 15) is 0 Å². The Morgan fingerprint density at radius 2 is 2.18 bits per heavy atom. The Kier molecular flexibility index (Phi) is 3.86. The first kappa shape index (κ1) is 12.6. The molecule has 2 atom stereocenters. The van der Waals surface area contributed by atoms with Gasteiger partial charge in [0.2, 0.25) is 0 Å². The number of rotatable bonds is 2. The number of nitrogens with one attached hydrogen (secondary N) is 1. The molecule has 0 bridgehead atoms. The first-order valence-electron chi connectivity index (χ1n) is 6.08. The molecular formula is C12H19BrN4. The first-order chi connectivity index (χ1) is 8.13. The molecule has 1 aromatic heterocycles. The third kappa shape index (κ3) is 2.54. The fraction of sp³-hybridized carbons (Fsp3) is 0.667. The van der Waals surface area contributed by atoms with Gasteiger partial charge < -0.3 is 10.2 Å².